The summed E-state index contributed by atoms with van der Waals surface area (Å²) in [4.78, 5) is 0. The molecule has 0 rings (SSSR count). The van der Waals surface area contributed by atoms with Crippen molar-refractivity contribution < 1.29 is 5.11 Å². The lowest BCUT2D eigenvalue weighted by atomic mass is 9.88. The SMILES string of the molecule is CCCCC[C@H](O)CCC(C)(C)C. The van der Waals surface area contributed by atoms with E-state index in [1.54, 1.807) is 0 Å². The van der Waals surface area contributed by atoms with Crippen molar-refractivity contribution in [2.75, 3.05) is 0 Å². The quantitative estimate of drug-likeness (QED) is 0.626. The van der Waals surface area contributed by atoms with E-state index < -0.39 is 0 Å². The number of hydrogen-bond donors (Lipinski definition) is 1. The zero-order valence-corrected chi connectivity index (χ0v) is 9.77. The van der Waals surface area contributed by atoms with Crippen molar-refractivity contribution in [1.29, 1.82) is 0 Å². The molecule has 0 aromatic carbocycles. The van der Waals surface area contributed by atoms with Crippen LogP contribution in [0.25, 0.3) is 0 Å². The van der Waals surface area contributed by atoms with Gasteiger partial charge >= 0.3 is 0 Å². The second-order valence-electron chi connectivity index (χ2n) is 5.25. The summed E-state index contributed by atoms with van der Waals surface area (Å²) in [6, 6.07) is 0. The Bertz CT molecular complexity index is 113. The average Bonchev–Trinajstić information content (AvgIpc) is 2.00. The van der Waals surface area contributed by atoms with E-state index in [9.17, 15) is 5.11 Å². The highest BCUT2D eigenvalue weighted by molar-refractivity contribution is 4.65. The number of aliphatic hydroxyl groups excluding tert-OH is 1. The van der Waals surface area contributed by atoms with Gasteiger partial charge in [-0.15, -0.1) is 0 Å². The molecule has 0 saturated carbocycles. The van der Waals surface area contributed by atoms with Crippen LogP contribution in [0.1, 0.15) is 66.2 Å². The fourth-order valence-corrected chi connectivity index (χ4v) is 1.37. The standard InChI is InChI=1S/C12H26O/c1-5-6-7-8-11(13)9-10-12(2,3)4/h11,13H,5-10H2,1-4H3/t11-/m0/s1. The highest BCUT2D eigenvalue weighted by atomic mass is 16.3. The van der Waals surface area contributed by atoms with Gasteiger partial charge in [0.05, 0.1) is 6.10 Å². The summed E-state index contributed by atoms with van der Waals surface area (Å²) in [5.74, 6) is 0. The second-order valence-corrected chi connectivity index (χ2v) is 5.25. The van der Waals surface area contributed by atoms with Crippen LogP contribution in [0, 0.1) is 5.41 Å². The molecule has 1 N–H and O–H groups in total. The lowest BCUT2D eigenvalue weighted by molar-refractivity contribution is 0.133. The number of rotatable bonds is 6. The average molecular weight is 186 g/mol. The Morgan fingerprint density at radius 1 is 1.08 bits per heavy atom. The maximum absolute atomic E-state index is 9.64. The Kier molecular flexibility index (Phi) is 6.40. The third kappa shape index (κ3) is 9.88. The van der Waals surface area contributed by atoms with Crippen LogP contribution in [-0.4, -0.2) is 11.2 Å². The number of hydrogen-bond acceptors (Lipinski definition) is 1. The summed E-state index contributed by atoms with van der Waals surface area (Å²) >= 11 is 0. The molecule has 0 heterocycles. The first-order chi connectivity index (χ1) is 5.95. The first-order valence-corrected chi connectivity index (χ1v) is 5.64. The minimum atomic E-state index is -0.0641. The van der Waals surface area contributed by atoms with Crippen molar-refractivity contribution in [3.05, 3.63) is 0 Å². The predicted octanol–water partition coefficient (Wildman–Crippen LogP) is 3.75. The molecule has 13 heavy (non-hydrogen) atoms. The summed E-state index contributed by atoms with van der Waals surface area (Å²) in [6.07, 6.45) is 6.70. The molecule has 0 saturated heterocycles. The van der Waals surface area contributed by atoms with Gasteiger partial charge in [-0.3, -0.25) is 0 Å². The van der Waals surface area contributed by atoms with Gasteiger partial charge in [0.25, 0.3) is 0 Å². The van der Waals surface area contributed by atoms with Gasteiger partial charge in [0.15, 0.2) is 0 Å². The van der Waals surface area contributed by atoms with Gasteiger partial charge in [-0.2, -0.15) is 0 Å². The summed E-state index contributed by atoms with van der Waals surface area (Å²) in [7, 11) is 0. The summed E-state index contributed by atoms with van der Waals surface area (Å²) in [5, 5.41) is 9.64. The largest absolute Gasteiger partial charge is 0.393 e. The molecule has 0 aliphatic heterocycles. The van der Waals surface area contributed by atoms with Crippen molar-refractivity contribution in [2.24, 2.45) is 5.41 Å². The Hall–Kier alpha value is -0.0400. The topological polar surface area (TPSA) is 20.2 Å². The number of aliphatic hydroxyl groups is 1. The lowest BCUT2D eigenvalue weighted by Gasteiger charge is -2.20. The van der Waals surface area contributed by atoms with Crippen LogP contribution in [0.2, 0.25) is 0 Å². The molecule has 80 valence electrons. The molecule has 0 amide bonds. The van der Waals surface area contributed by atoms with Crippen molar-refractivity contribution in [3.63, 3.8) is 0 Å². The number of unbranched alkanes of at least 4 members (excludes halogenated alkanes) is 2. The van der Waals surface area contributed by atoms with Crippen LogP contribution in [0.3, 0.4) is 0 Å². The molecule has 0 bridgehead atoms. The summed E-state index contributed by atoms with van der Waals surface area (Å²) < 4.78 is 0. The first kappa shape index (κ1) is 13.0. The molecule has 0 spiro atoms. The van der Waals surface area contributed by atoms with Crippen molar-refractivity contribution in [3.8, 4) is 0 Å². The molecule has 1 atom stereocenters. The fourth-order valence-electron chi connectivity index (χ4n) is 1.37. The molecule has 0 aromatic rings. The van der Waals surface area contributed by atoms with Crippen LogP contribution < -0.4 is 0 Å². The Labute approximate surface area is 83.5 Å². The minimum Gasteiger partial charge on any atom is -0.393 e. The first-order valence-electron chi connectivity index (χ1n) is 5.64. The van der Waals surface area contributed by atoms with E-state index in [1.807, 2.05) is 0 Å². The molecular weight excluding hydrogens is 160 g/mol. The van der Waals surface area contributed by atoms with Crippen LogP contribution in [-0.2, 0) is 0 Å². The lowest BCUT2D eigenvalue weighted by Crippen LogP contribution is -2.12. The highest BCUT2D eigenvalue weighted by Gasteiger charge is 2.12. The molecule has 0 aromatic heterocycles. The van der Waals surface area contributed by atoms with E-state index in [-0.39, 0.29) is 6.10 Å². The van der Waals surface area contributed by atoms with Crippen LogP contribution in [0.4, 0.5) is 0 Å². The highest BCUT2D eigenvalue weighted by Crippen LogP contribution is 2.22. The monoisotopic (exact) mass is 186 g/mol. The van der Waals surface area contributed by atoms with Crippen LogP contribution >= 0.6 is 0 Å². The Morgan fingerprint density at radius 2 is 1.69 bits per heavy atom. The molecule has 0 aliphatic rings. The molecule has 0 unspecified atom stereocenters. The fraction of sp³-hybridized carbons (Fsp3) is 1.00. The molecule has 0 aliphatic carbocycles. The van der Waals surface area contributed by atoms with Gasteiger partial charge in [0, 0.05) is 0 Å². The van der Waals surface area contributed by atoms with Gasteiger partial charge in [0.1, 0.15) is 0 Å². The smallest absolute Gasteiger partial charge is 0.0540 e. The third-order valence-electron chi connectivity index (χ3n) is 2.37. The minimum absolute atomic E-state index is 0.0641. The van der Waals surface area contributed by atoms with E-state index >= 15 is 0 Å². The van der Waals surface area contributed by atoms with E-state index in [0.717, 1.165) is 19.3 Å². The zero-order chi connectivity index (χ0) is 10.3. The van der Waals surface area contributed by atoms with Gasteiger partial charge < -0.3 is 5.11 Å². The van der Waals surface area contributed by atoms with E-state index in [0.29, 0.717) is 5.41 Å². The second kappa shape index (κ2) is 6.42. The Balaban J connectivity index is 3.35. The molecule has 0 fully saturated rings. The molecule has 1 heteroatoms. The maximum Gasteiger partial charge on any atom is 0.0540 e. The third-order valence-corrected chi connectivity index (χ3v) is 2.37. The normalized spacial score (nSPS) is 14.5. The van der Waals surface area contributed by atoms with E-state index in [2.05, 4.69) is 27.7 Å². The van der Waals surface area contributed by atoms with Crippen molar-refractivity contribution in [2.45, 2.75) is 72.3 Å². The Morgan fingerprint density at radius 3 is 2.15 bits per heavy atom. The maximum atomic E-state index is 9.64. The van der Waals surface area contributed by atoms with Crippen molar-refractivity contribution in [1.82, 2.24) is 0 Å². The van der Waals surface area contributed by atoms with Crippen LogP contribution in [0.5, 0.6) is 0 Å². The summed E-state index contributed by atoms with van der Waals surface area (Å²) in [6.45, 7) is 8.88. The van der Waals surface area contributed by atoms with E-state index in [4.69, 9.17) is 0 Å². The molecule has 1 nitrogen and oxygen atoms in total. The van der Waals surface area contributed by atoms with Crippen molar-refractivity contribution >= 4 is 0 Å². The predicted molar refractivity (Wildman–Crippen MR) is 58.8 cm³/mol. The molecule has 0 radical (unpaired) electrons. The summed E-state index contributed by atoms with van der Waals surface area (Å²) in [5.41, 5.74) is 0.367. The van der Waals surface area contributed by atoms with Gasteiger partial charge in [-0.05, 0) is 24.7 Å². The van der Waals surface area contributed by atoms with Gasteiger partial charge in [0.2, 0.25) is 0 Å². The van der Waals surface area contributed by atoms with E-state index in [1.165, 1.54) is 19.3 Å². The van der Waals surface area contributed by atoms with Gasteiger partial charge in [-0.1, -0.05) is 47.0 Å². The molecular formula is C12H26O. The van der Waals surface area contributed by atoms with Crippen LogP contribution in [0.15, 0.2) is 0 Å². The van der Waals surface area contributed by atoms with Gasteiger partial charge in [-0.25, -0.2) is 0 Å². The zero-order valence-electron chi connectivity index (χ0n) is 9.77.